The molecule has 1 heterocycles. The van der Waals surface area contributed by atoms with E-state index < -0.39 is 0 Å². The van der Waals surface area contributed by atoms with Crippen LogP contribution in [0.3, 0.4) is 0 Å². The molecule has 0 unspecified atom stereocenters. The third-order valence-electron chi connectivity index (χ3n) is 3.14. The summed E-state index contributed by atoms with van der Waals surface area (Å²) in [5.74, 6) is 1.81. The summed E-state index contributed by atoms with van der Waals surface area (Å²) in [5.41, 5.74) is 0. The molecule has 0 aliphatic carbocycles. The molecule has 6 nitrogen and oxygen atoms in total. The monoisotopic (exact) mass is 296 g/mol. The molecule has 120 valence electrons. The van der Waals surface area contributed by atoms with Crippen molar-refractivity contribution in [3.8, 4) is 0 Å². The van der Waals surface area contributed by atoms with Gasteiger partial charge in [-0.15, -0.1) is 0 Å². The van der Waals surface area contributed by atoms with E-state index in [-0.39, 0.29) is 0 Å². The van der Waals surface area contributed by atoms with Crippen LogP contribution < -0.4 is 10.6 Å². The van der Waals surface area contributed by atoms with E-state index in [1.54, 1.807) is 20.4 Å². The highest BCUT2D eigenvalue weighted by Crippen LogP contribution is 1.99. The average Bonchev–Trinajstić information content (AvgIpc) is 2.99. The fraction of sp³-hybridized carbons (Fsp3) is 0.667. The summed E-state index contributed by atoms with van der Waals surface area (Å²) in [4.78, 5) is 6.48. The van der Waals surface area contributed by atoms with Gasteiger partial charge >= 0.3 is 0 Å². The number of hydrogen-bond acceptors (Lipinski definition) is 4. The quantitative estimate of drug-likeness (QED) is 0.382. The molecule has 0 bridgehead atoms. The Bertz CT molecular complexity index is 379. The van der Waals surface area contributed by atoms with E-state index in [4.69, 9.17) is 9.15 Å². The fourth-order valence-corrected chi connectivity index (χ4v) is 1.94. The van der Waals surface area contributed by atoms with E-state index in [9.17, 15) is 0 Å². The van der Waals surface area contributed by atoms with Gasteiger partial charge in [-0.25, -0.2) is 0 Å². The number of furan rings is 1. The Morgan fingerprint density at radius 3 is 2.81 bits per heavy atom. The lowest BCUT2D eigenvalue weighted by Crippen LogP contribution is -2.41. The van der Waals surface area contributed by atoms with Crippen molar-refractivity contribution in [1.29, 1.82) is 0 Å². The number of rotatable bonds is 10. The molecule has 0 saturated heterocycles. The molecule has 1 aromatic heterocycles. The van der Waals surface area contributed by atoms with Crippen molar-refractivity contribution in [2.24, 2.45) is 4.99 Å². The zero-order valence-corrected chi connectivity index (χ0v) is 13.4. The normalized spacial score (nSPS) is 11.9. The van der Waals surface area contributed by atoms with Gasteiger partial charge in [0.15, 0.2) is 5.96 Å². The smallest absolute Gasteiger partial charge is 0.191 e. The van der Waals surface area contributed by atoms with Crippen LogP contribution in [0.4, 0.5) is 0 Å². The molecule has 0 aliphatic heterocycles. The van der Waals surface area contributed by atoms with Gasteiger partial charge in [0.2, 0.25) is 0 Å². The van der Waals surface area contributed by atoms with E-state index in [0.29, 0.717) is 0 Å². The first-order valence-corrected chi connectivity index (χ1v) is 7.40. The Morgan fingerprint density at radius 2 is 2.14 bits per heavy atom. The molecule has 1 aromatic rings. The van der Waals surface area contributed by atoms with Crippen molar-refractivity contribution in [1.82, 2.24) is 15.5 Å². The lowest BCUT2D eigenvalue weighted by molar-refractivity contribution is 0.180. The number of aliphatic imine (C=N–C) groups is 1. The number of ether oxygens (including phenoxy) is 1. The minimum atomic E-state index is 0.802. The van der Waals surface area contributed by atoms with Crippen LogP contribution in [0.1, 0.15) is 12.2 Å². The van der Waals surface area contributed by atoms with Gasteiger partial charge in [-0.2, -0.15) is 0 Å². The number of guanidine groups is 1. The highest BCUT2D eigenvalue weighted by Gasteiger charge is 2.01. The molecule has 0 fully saturated rings. The predicted octanol–water partition coefficient (Wildman–Crippen LogP) is 0.955. The van der Waals surface area contributed by atoms with E-state index in [2.05, 4.69) is 27.6 Å². The molecule has 0 aliphatic rings. The first-order valence-electron chi connectivity index (χ1n) is 7.40. The zero-order chi connectivity index (χ0) is 15.3. The molecule has 6 heteroatoms. The van der Waals surface area contributed by atoms with Crippen molar-refractivity contribution in [2.75, 3.05) is 54.0 Å². The van der Waals surface area contributed by atoms with Crippen molar-refractivity contribution < 1.29 is 9.15 Å². The second kappa shape index (κ2) is 11.2. The maximum absolute atomic E-state index is 5.29. The first kappa shape index (κ1) is 17.5. The maximum atomic E-state index is 5.29. The van der Waals surface area contributed by atoms with E-state index >= 15 is 0 Å². The van der Waals surface area contributed by atoms with Crippen molar-refractivity contribution in [3.63, 3.8) is 0 Å². The molecular formula is C15H28N4O2. The summed E-state index contributed by atoms with van der Waals surface area (Å²) in [7, 11) is 5.63. The topological polar surface area (TPSA) is 62.0 Å². The summed E-state index contributed by atoms with van der Waals surface area (Å²) in [6.45, 7) is 4.50. The van der Waals surface area contributed by atoms with Crippen molar-refractivity contribution in [2.45, 2.75) is 12.8 Å². The van der Waals surface area contributed by atoms with E-state index in [1.165, 1.54) is 0 Å². The lowest BCUT2D eigenvalue weighted by atomic mass is 10.3. The van der Waals surface area contributed by atoms with Gasteiger partial charge in [-0.1, -0.05) is 0 Å². The summed E-state index contributed by atoms with van der Waals surface area (Å²) < 4.78 is 10.3. The van der Waals surface area contributed by atoms with Crippen LogP contribution in [-0.2, 0) is 11.2 Å². The van der Waals surface area contributed by atoms with Gasteiger partial charge in [-0.05, 0) is 25.6 Å². The van der Waals surface area contributed by atoms with E-state index in [0.717, 1.165) is 57.3 Å². The van der Waals surface area contributed by atoms with Crippen molar-refractivity contribution >= 4 is 5.96 Å². The van der Waals surface area contributed by atoms with Gasteiger partial charge in [0.1, 0.15) is 5.76 Å². The van der Waals surface area contributed by atoms with Crippen LogP contribution in [0.5, 0.6) is 0 Å². The van der Waals surface area contributed by atoms with Gasteiger partial charge in [0.25, 0.3) is 0 Å². The lowest BCUT2D eigenvalue weighted by Gasteiger charge is -2.18. The zero-order valence-electron chi connectivity index (χ0n) is 13.4. The minimum Gasteiger partial charge on any atom is -0.469 e. The molecule has 0 atom stereocenters. The highest BCUT2D eigenvalue weighted by molar-refractivity contribution is 5.79. The number of hydrogen-bond donors (Lipinski definition) is 2. The van der Waals surface area contributed by atoms with Crippen LogP contribution in [0.25, 0.3) is 0 Å². The summed E-state index contributed by atoms with van der Waals surface area (Å²) in [6, 6.07) is 3.88. The predicted molar refractivity (Wildman–Crippen MR) is 85.8 cm³/mol. The van der Waals surface area contributed by atoms with Crippen LogP contribution in [0.2, 0.25) is 0 Å². The fourth-order valence-electron chi connectivity index (χ4n) is 1.94. The molecule has 0 aromatic carbocycles. The molecule has 2 N–H and O–H groups in total. The highest BCUT2D eigenvalue weighted by atomic mass is 16.5. The Kier molecular flexibility index (Phi) is 9.32. The molecule has 0 spiro atoms. The summed E-state index contributed by atoms with van der Waals surface area (Å²) in [6.07, 6.45) is 3.61. The Morgan fingerprint density at radius 1 is 1.33 bits per heavy atom. The third kappa shape index (κ3) is 8.37. The second-order valence-corrected chi connectivity index (χ2v) is 4.90. The number of nitrogens with zero attached hydrogens (tertiary/aromatic N) is 2. The standard InChI is InChI=1S/C15H28N4O2/c1-16-15(17-8-7-14-6-4-13-21-14)18-9-11-19(2)10-5-12-20-3/h4,6,13H,5,7-12H2,1-3H3,(H2,16,17,18). The Labute approximate surface area is 127 Å². The SMILES string of the molecule is CN=C(NCCc1ccco1)NCCN(C)CCCOC. The average molecular weight is 296 g/mol. The Hall–Kier alpha value is -1.53. The van der Waals surface area contributed by atoms with Crippen molar-refractivity contribution in [3.05, 3.63) is 24.2 Å². The molecule has 0 radical (unpaired) electrons. The van der Waals surface area contributed by atoms with Crippen LogP contribution in [0, 0.1) is 0 Å². The van der Waals surface area contributed by atoms with Crippen LogP contribution >= 0.6 is 0 Å². The first-order chi connectivity index (χ1) is 10.3. The van der Waals surface area contributed by atoms with Crippen LogP contribution in [-0.4, -0.2) is 64.9 Å². The van der Waals surface area contributed by atoms with Gasteiger partial charge in [-0.3, -0.25) is 4.99 Å². The van der Waals surface area contributed by atoms with Gasteiger partial charge in [0, 0.05) is 53.4 Å². The molecule has 0 saturated carbocycles. The van der Waals surface area contributed by atoms with Gasteiger partial charge < -0.3 is 24.7 Å². The summed E-state index contributed by atoms with van der Waals surface area (Å²) >= 11 is 0. The number of nitrogens with one attached hydrogen (secondary N) is 2. The third-order valence-corrected chi connectivity index (χ3v) is 3.14. The maximum Gasteiger partial charge on any atom is 0.191 e. The van der Waals surface area contributed by atoms with Crippen LogP contribution in [0.15, 0.2) is 27.8 Å². The Balaban J connectivity index is 2.08. The number of methoxy groups -OCH3 is 1. The molecular weight excluding hydrogens is 268 g/mol. The van der Waals surface area contributed by atoms with Gasteiger partial charge in [0.05, 0.1) is 6.26 Å². The second-order valence-electron chi connectivity index (χ2n) is 4.90. The van der Waals surface area contributed by atoms with E-state index in [1.807, 2.05) is 12.1 Å². The molecule has 21 heavy (non-hydrogen) atoms. The largest absolute Gasteiger partial charge is 0.469 e. The summed E-state index contributed by atoms with van der Waals surface area (Å²) in [5, 5.41) is 6.58. The molecule has 0 amide bonds. The minimum absolute atomic E-state index is 0.802. The number of likely N-dealkylation sites (N-methyl/N-ethyl adjacent to an activating group) is 1. The molecule has 1 rings (SSSR count).